The van der Waals surface area contributed by atoms with Crippen molar-refractivity contribution >= 4 is 17.7 Å². The molecule has 2 N–H and O–H groups in total. The summed E-state index contributed by atoms with van der Waals surface area (Å²) in [5.41, 5.74) is 5.84. The lowest BCUT2D eigenvalue weighted by Crippen LogP contribution is -2.31. The molecule has 120 valence electrons. The molecule has 1 fully saturated rings. The van der Waals surface area contributed by atoms with Crippen molar-refractivity contribution in [3.05, 3.63) is 18.2 Å². The lowest BCUT2D eigenvalue weighted by atomic mass is 10.3. The molecule has 0 bridgehead atoms. The summed E-state index contributed by atoms with van der Waals surface area (Å²) in [7, 11) is 0. The highest BCUT2D eigenvalue weighted by Crippen LogP contribution is 2.34. The van der Waals surface area contributed by atoms with Gasteiger partial charge in [-0.25, -0.2) is 0 Å². The Morgan fingerprint density at radius 1 is 1.32 bits per heavy atom. The Bertz CT molecular complexity index is 538. The van der Waals surface area contributed by atoms with E-state index in [2.05, 4.69) is 0 Å². The van der Waals surface area contributed by atoms with E-state index in [-0.39, 0.29) is 11.9 Å². The third-order valence-electron chi connectivity index (χ3n) is 3.88. The summed E-state index contributed by atoms with van der Waals surface area (Å²) in [5.74, 6) is 2.59. The summed E-state index contributed by atoms with van der Waals surface area (Å²) in [6, 6.07) is 6.12. The zero-order valence-electron chi connectivity index (χ0n) is 12.6. The second kappa shape index (κ2) is 7.24. The van der Waals surface area contributed by atoms with Gasteiger partial charge < -0.3 is 20.1 Å². The Kier molecular flexibility index (Phi) is 5.10. The van der Waals surface area contributed by atoms with Crippen LogP contribution in [0.25, 0.3) is 0 Å². The van der Waals surface area contributed by atoms with Gasteiger partial charge in [-0.1, -0.05) is 0 Å². The van der Waals surface area contributed by atoms with E-state index in [1.54, 1.807) is 11.8 Å². The molecular formula is C16H22N2O3S. The number of fused-ring (bicyclic) bond motifs is 1. The van der Waals surface area contributed by atoms with Gasteiger partial charge in [0.1, 0.15) is 0 Å². The van der Waals surface area contributed by atoms with Gasteiger partial charge in [0.2, 0.25) is 5.91 Å². The van der Waals surface area contributed by atoms with Gasteiger partial charge in [-0.2, -0.15) is 0 Å². The van der Waals surface area contributed by atoms with Crippen LogP contribution in [-0.4, -0.2) is 48.9 Å². The predicted octanol–water partition coefficient (Wildman–Crippen LogP) is 1.89. The number of hydrogen-bond donors (Lipinski definition) is 1. The zero-order valence-corrected chi connectivity index (χ0v) is 13.4. The first-order chi connectivity index (χ1) is 10.7. The van der Waals surface area contributed by atoms with Gasteiger partial charge in [0.05, 0.1) is 13.2 Å². The Morgan fingerprint density at radius 2 is 2.14 bits per heavy atom. The number of carbonyl (C=O) groups is 1. The van der Waals surface area contributed by atoms with Crippen LogP contribution in [0, 0.1) is 0 Å². The van der Waals surface area contributed by atoms with Crippen molar-refractivity contribution in [2.45, 2.75) is 30.2 Å². The topological polar surface area (TPSA) is 64.8 Å². The van der Waals surface area contributed by atoms with Gasteiger partial charge in [-0.15, -0.1) is 11.8 Å². The average Bonchev–Trinajstić information content (AvgIpc) is 2.82. The maximum atomic E-state index is 12.1. The molecule has 2 aliphatic heterocycles. The van der Waals surface area contributed by atoms with Crippen LogP contribution in [0.3, 0.4) is 0 Å². The zero-order chi connectivity index (χ0) is 15.4. The Hall–Kier alpha value is -1.40. The Balaban J connectivity index is 1.49. The highest BCUT2D eigenvalue weighted by Gasteiger charge is 2.23. The van der Waals surface area contributed by atoms with Crippen molar-refractivity contribution in [3.8, 4) is 11.5 Å². The number of thioether (sulfide) groups is 1. The predicted molar refractivity (Wildman–Crippen MR) is 86.6 cm³/mol. The van der Waals surface area contributed by atoms with Crippen LogP contribution in [0.1, 0.15) is 19.3 Å². The van der Waals surface area contributed by atoms with E-state index in [1.807, 2.05) is 23.1 Å². The highest BCUT2D eigenvalue weighted by molar-refractivity contribution is 7.99. The maximum Gasteiger partial charge on any atom is 0.223 e. The summed E-state index contributed by atoms with van der Waals surface area (Å²) in [4.78, 5) is 15.1. The van der Waals surface area contributed by atoms with Crippen molar-refractivity contribution in [3.63, 3.8) is 0 Å². The summed E-state index contributed by atoms with van der Waals surface area (Å²) >= 11 is 1.67. The first-order valence-electron chi connectivity index (χ1n) is 7.78. The number of nitrogens with zero attached hydrogens (tertiary/aromatic N) is 1. The van der Waals surface area contributed by atoms with E-state index >= 15 is 0 Å². The fraction of sp³-hybridized carbons (Fsp3) is 0.562. The molecule has 0 aromatic heterocycles. The maximum absolute atomic E-state index is 12.1. The van der Waals surface area contributed by atoms with Gasteiger partial charge >= 0.3 is 0 Å². The van der Waals surface area contributed by atoms with Gasteiger partial charge in [-0.05, 0) is 24.6 Å². The molecule has 1 saturated heterocycles. The van der Waals surface area contributed by atoms with E-state index in [9.17, 15) is 4.79 Å². The quantitative estimate of drug-likeness (QED) is 0.858. The molecule has 0 radical (unpaired) electrons. The fourth-order valence-electron chi connectivity index (χ4n) is 2.66. The molecule has 1 amide bonds. The first-order valence-corrected chi connectivity index (χ1v) is 8.77. The number of ether oxygens (including phenoxy) is 2. The van der Waals surface area contributed by atoms with Crippen LogP contribution in [0.5, 0.6) is 11.5 Å². The molecule has 1 aromatic rings. The molecule has 1 atom stereocenters. The van der Waals surface area contributed by atoms with E-state index in [1.165, 1.54) is 0 Å². The summed E-state index contributed by atoms with van der Waals surface area (Å²) in [6.07, 6.45) is 2.37. The van der Waals surface area contributed by atoms with E-state index in [0.29, 0.717) is 26.2 Å². The minimum absolute atomic E-state index is 0.151. The lowest BCUT2D eigenvalue weighted by molar-refractivity contribution is -0.129. The summed E-state index contributed by atoms with van der Waals surface area (Å²) < 4.78 is 11.3. The Labute approximate surface area is 135 Å². The third kappa shape index (κ3) is 3.87. The van der Waals surface area contributed by atoms with Crippen LogP contribution in [-0.2, 0) is 4.79 Å². The molecule has 3 rings (SSSR count). The van der Waals surface area contributed by atoms with Gasteiger partial charge in [0.15, 0.2) is 11.5 Å². The molecule has 1 aromatic carbocycles. The molecule has 0 unspecified atom stereocenters. The minimum atomic E-state index is 0.151. The monoisotopic (exact) mass is 322 g/mol. The fourth-order valence-corrected chi connectivity index (χ4v) is 3.53. The van der Waals surface area contributed by atoms with Crippen molar-refractivity contribution in [1.82, 2.24) is 4.90 Å². The first kappa shape index (κ1) is 15.5. The summed E-state index contributed by atoms with van der Waals surface area (Å²) in [6.45, 7) is 2.89. The standard InChI is InChI=1S/C16H22N2O3S/c17-12-4-6-18(11-12)16(19)5-9-22-13-2-3-14-15(10-13)21-8-1-7-20-14/h2-3,10,12H,1,4-9,11,17H2/t12-/m1/s1. The molecule has 0 aliphatic carbocycles. The average molecular weight is 322 g/mol. The van der Waals surface area contributed by atoms with Crippen LogP contribution in [0.15, 0.2) is 23.1 Å². The van der Waals surface area contributed by atoms with Crippen molar-refractivity contribution < 1.29 is 14.3 Å². The number of benzene rings is 1. The molecular weight excluding hydrogens is 300 g/mol. The number of rotatable bonds is 4. The van der Waals surface area contributed by atoms with Crippen LogP contribution in [0.2, 0.25) is 0 Å². The normalized spacial score (nSPS) is 20.8. The second-order valence-electron chi connectivity index (χ2n) is 5.65. The summed E-state index contributed by atoms with van der Waals surface area (Å²) in [5, 5.41) is 0. The minimum Gasteiger partial charge on any atom is -0.490 e. The third-order valence-corrected chi connectivity index (χ3v) is 4.88. The van der Waals surface area contributed by atoms with E-state index in [4.69, 9.17) is 15.2 Å². The number of hydrogen-bond acceptors (Lipinski definition) is 5. The molecule has 22 heavy (non-hydrogen) atoms. The highest BCUT2D eigenvalue weighted by atomic mass is 32.2. The Morgan fingerprint density at radius 3 is 2.91 bits per heavy atom. The molecule has 6 heteroatoms. The number of amides is 1. The number of likely N-dealkylation sites (tertiary alicyclic amines) is 1. The van der Waals surface area contributed by atoms with Gasteiger partial charge in [-0.3, -0.25) is 4.79 Å². The number of nitrogens with two attached hydrogens (primary N) is 1. The van der Waals surface area contributed by atoms with Crippen LogP contribution >= 0.6 is 11.8 Å². The molecule has 0 spiro atoms. The smallest absolute Gasteiger partial charge is 0.223 e. The van der Waals surface area contributed by atoms with Crippen molar-refractivity contribution in [1.29, 1.82) is 0 Å². The van der Waals surface area contributed by atoms with Crippen molar-refractivity contribution in [2.24, 2.45) is 5.73 Å². The van der Waals surface area contributed by atoms with E-state index in [0.717, 1.165) is 41.5 Å². The van der Waals surface area contributed by atoms with Crippen LogP contribution < -0.4 is 15.2 Å². The number of carbonyl (C=O) groups excluding carboxylic acids is 1. The SMILES string of the molecule is N[C@@H]1CCN(C(=O)CCSc2ccc3c(c2)OCCCO3)C1. The van der Waals surface area contributed by atoms with Crippen molar-refractivity contribution in [2.75, 3.05) is 32.1 Å². The molecule has 5 nitrogen and oxygen atoms in total. The van der Waals surface area contributed by atoms with Crippen LogP contribution in [0.4, 0.5) is 0 Å². The lowest BCUT2D eigenvalue weighted by Gasteiger charge is -2.15. The molecule has 2 aliphatic rings. The van der Waals surface area contributed by atoms with Gasteiger partial charge in [0.25, 0.3) is 0 Å². The van der Waals surface area contributed by atoms with Gasteiger partial charge in [0, 0.05) is 42.6 Å². The molecule has 0 saturated carbocycles. The second-order valence-corrected chi connectivity index (χ2v) is 6.81. The largest absolute Gasteiger partial charge is 0.490 e. The van der Waals surface area contributed by atoms with E-state index < -0.39 is 0 Å². The molecule has 2 heterocycles.